The Morgan fingerprint density at radius 1 is 1.33 bits per heavy atom. The van der Waals surface area contributed by atoms with Gasteiger partial charge >= 0.3 is 0 Å². The van der Waals surface area contributed by atoms with Crippen LogP contribution in [0, 0.1) is 34.7 Å². The number of carbonyl (C=O) groups excluding carboxylic acids is 2. The molecule has 2 atom stereocenters. The summed E-state index contributed by atoms with van der Waals surface area (Å²) in [4.78, 5) is 23.0. The number of hydrogen-bond donors (Lipinski definition) is 2. The number of nitrogens with one attached hydrogen (secondary N) is 1. The maximum atomic E-state index is 13.4. The summed E-state index contributed by atoms with van der Waals surface area (Å²) in [6.07, 6.45) is -0.109. The molecular formula is C13H12F3N3O2. The molecule has 21 heavy (non-hydrogen) atoms. The number of nitrogens with two attached hydrogens (primary N) is 1. The quantitative estimate of drug-likeness (QED) is 0.856. The van der Waals surface area contributed by atoms with Gasteiger partial charge in [-0.3, -0.25) is 9.59 Å². The molecule has 0 saturated carbocycles. The molecule has 8 heteroatoms. The molecule has 0 aliphatic heterocycles. The van der Waals surface area contributed by atoms with Crippen molar-refractivity contribution in [1.82, 2.24) is 5.32 Å². The first-order valence-electron chi connectivity index (χ1n) is 5.90. The Labute approximate surface area is 118 Å². The molecule has 0 unspecified atom stereocenters. The van der Waals surface area contributed by atoms with Gasteiger partial charge in [-0.2, -0.15) is 5.26 Å². The van der Waals surface area contributed by atoms with Gasteiger partial charge in [-0.05, 0) is 13.3 Å². The second kappa shape index (κ2) is 6.74. The van der Waals surface area contributed by atoms with Crippen LogP contribution in [0.4, 0.5) is 13.2 Å². The van der Waals surface area contributed by atoms with Crippen molar-refractivity contribution in [3.8, 4) is 6.07 Å². The van der Waals surface area contributed by atoms with Crippen molar-refractivity contribution in [1.29, 1.82) is 5.26 Å². The zero-order chi connectivity index (χ0) is 16.2. The maximum absolute atomic E-state index is 13.4. The van der Waals surface area contributed by atoms with Crippen LogP contribution in [0.2, 0.25) is 0 Å². The van der Waals surface area contributed by atoms with E-state index >= 15 is 0 Å². The normalized spacial score (nSPS) is 13.1. The highest BCUT2D eigenvalue weighted by molar-refractivity contribution is 5.97. The molecule has 0 saturated heterocycles. The van der Waals surface area contributed by atoms with Crippen LogP contribution in [0.3, 0.4) is 0 Å². The van der Waals surface area contributed by atoms with Gasteiger partial charge in [0.15, 0.2) is 0 Å². The van der Waals surface area contributed by atoms with E-state index in [2.05, 4.69) is 0 Å². The third-order valence-corrected chi connectivity index (χ3v) is 2.69. The molecule has 3 N–H and O–H groups in total. The number of benzene rings is 1. The second-order valence-corrected chi connectivity index (χ2v) is 4.44. The van der Waals surface area contributed by atoms with Crippen molar-refractivity contribution in [3.05, 3.63) is 35.1 Å². The Kier molecular flexibility index (Phi) is 5.30. The van der Waals surface area contributed by atoms with Crippen molar-refractivity contribution >= 4 is 11.8 Å². The fourth-order valence-corrected chi connectivity index (χ4v) is 1.64. The number of nitrogens with zero attached hydrogens (tertiary/aromatic N) is 1. The standard InChI is InChI=1S/C13H12F3N3O2/c1-6(5-17)2-10(12(18)20)19-13(21)11-8(15)3-7(14)4-9(11)16/h3-4,6,10H,2H2,1H3,(H2,18,20)(H,19,21)/t6-,10-/m0/s1. The predicted molar refractivity (Wildman–Crippen MR) is 66.2 cm³/mol. The Balaban J connectivity index is 2.98. The van der Waals surface area contributed by atoms with Crippen molar-refractivity contribution < 1.29 is 22.8 Å². The van der Waals surface area contributed by atoms with E-state index in [-0.39, 0.29) is 6.42 Å². The van der Waals surface area contributed by atoms with E-state index < -0.39 is 46.8 Å². The molecule has 0 spiro atoms. The minimum atomic E-state index is -1.40. The number of nitriles is 1. The molecule has 0 aliphatic carbocycles. The SMILES string of the molecule is C[C@H](C#N)C[C@H](NC(=O)c1c(F)cc(F)cc1F)C(N)=O. The average Bonchev–Trinajstić information content (AvgIpc) is 2.36. The van der Waals surface area contributed by atoms with E-state index in [1.165, 1.54) is 6.92 Å². The summed E-state index contributed by atoms with van der Waals surface area (Å²) < 4.78 is 39.6. The van der Waals surface area contributed by atoms with Gasteiger partial charge in [0.25, 0.3) is 5.91 Å². The van der Waals surface area contributed by atoms with Crippen LogP contribution in [0.25, 0.3) is 0 Å². The van der Waals surface area contributed by atoms with Crippen molar-refractivity contribution in [3.63, 3.8) is 0 Å². The molecule has 0 radical (unpaired) electrons. The summed E-state index contributed by atoms with van der Waals surface area (Å²) in [5.74, 6) is -6.78. The van der Waals surface area contributed by atoms with Gasteiger partial charge < -0.3 is 11.1 Å². The van der Waals surface area contributed by atoms with Gasteiger partial charge in [-0.1, -0.05) is 0 Å². The molecule has 5 nitrogen and oxygen atoms in total. The Bertz CT molecular complexity index is 590. The van der Waals surface area contributed by atoms with E-state index in [4.69, 9.17) is 11.0 Å². The first-order chi connectivity index (χ1) is 9.76. The number of carbonyl (C=O) groups is 2. The Morgan fingerprint density at radius 2 is 1.86 bits per heavy atom. The lowest BCUT2D eigenvalue weighted by Crippen LogP contribution is -2.45. The molecule has 1 aromatic rings. The monoisotopic (exact) mass is 299 g/mol. The van der Waals surface area contributed by atoms with Crippen LogP contribution in [-0.2, 0) is 4.79 Å². The van der Waals surface area contributed by atoms with Crippen LogP contribution < -0.4 is 11.1 Å². The van der Waals surface area contributed by atoms with Gasteiger partial charge in [0.2, 0.25) is 5.91 Å². The minimum Gasteiger partial charge on any atom is -0.368 e. The Hall–Kier alpha value is -2.56. The summed E-state index contributed by atoms with van der Waals surface area (Å²) in [6, 6.07) is 1.25. The van der Waals surface area contributed by atoms with Gasteiger partial charge in [0, 0.05) is 18.1 Å². The highest BCUT2D eigenvalue weighted by atomic mass is 19.1. The molecule has 0 heterocycles. The lowest BCUT2D eigenvalue weighted by molar-refractivity contribution is -0.120. The molecule has 0 bridgehead atoms. The molecule has 1 aromatic carbocycles. The highest BCUT2D eigenvalue weighted by Crippen LogP contribution is 2.15. The third kappa shape index (κ3) is 4.21. The minimum absolute atomic E-state index is 0.109. The zero-order valence-corrected chi connectivity index (χ0v) is 11.0. The van der Waals surface area contributed by atoms with Crippen LogP contribution in [0.5, 0.6) is 0 Å². The topological polar surface area (TPSA) is 96.0 Å². The summed E-state index contributed by atoms with van der Waals surface area (Å²) in [5.41, 5.74) is 4.03. The van der Waals surface area contributed by atoms with E-state index in [9.17, 15) is 22.8 Å². The molecule has 0 aromatic heterocycles. The molecule has 112 valence electrons. The summed E-state index contributed by atoms with van der Waals surface area (Å²) >= 11 is 0. The van der Waals surface area contributed by atoms with Gasteiger partial charge in [0.05, 0.1) is 6.07 Å². The lowest BCUT2D eigenvalue weighted by atomic mass is 10.0. The van der Waals surface area contributed by atoms with E-state index in [0.717, 1.165) is 0 Å². The summed E-state index contributed by atoms with van der Waals surface area (Å²) in [7, 11) is 0. The number of primary amides is 1. The molecule has 0 aliphatic rings. The average molecular weight is 299 g/mol. The molecule has 0 fully saturated rings. The van der Waals surface area contributed by atoms with Crippen molar-refractivity contribution in [2.24, 2.45) is 11.7 Å². The first kappa shape index (κ1) is 16.5. The van der Waals surface area contributed by atoms with Gasteiger partial charge in [-0.25, -0.2) is 13.2 Å². The fraction of sp³-hybridized carbons (Fsp3) is 0.308. The highest BCUT2D eigenvalue weighted by Gasteiger charge is 2.25. The van der Waals surface area contributed by atoms with Crippen LogP contribution in [0.1, 0.15) is 23.7 Å². The van der Waals surface area contributed by atoms with Crippen LogP contribution in [0.15, 0.2) is 12.1 Å². The number of hydrogen-bond acceptors (Lipinski definition) is 3. The lowest BCUT2D eigenvalue weighted by Gasteiger charge is -2.16. The van der Waals surface area contributed by atoms with Crippen LogP contribution in [-0.4, -0.2) is 17.9 Å². The van der Waals surface area contributed by atoms with Crippen LogP contribution >= 0.6 is 0 Å². The predicted octanol–water partition coefficient (Wildman–Crippen LogP) is 1.24. The second-order valence-electron chi connectivity index (χ2n) is 4.44. The molecule has 2 amide bonds. The van der Waals surface area contributed by atoms with Gasteiger partial charge in [0.1, 0.15) is 29.1 Å². The third-order valence-electron chi connectivity index (χ3n) is 2.69. The van der Waals surface area contributed by atoms with Crippen molar-refractivity contribution in [2.75, 3.05) is 0 Å². The first-order valence-corrected chi connectivity index (χ1v) is 5.90. The summed E-state index contributed by atoms with van der Waals surface area (Å²) in [5, 5.41) is 10.7. The van der Waals surface area contributed by atoms with E-state index in [0.29, 0.717) is 12.1 Å². The zero-order valence-electron chi connectivity index (χ0n) is 11.0. The van der Waals surface area contributed by atoms with Gasteiger partial charge in [-0.15, -0.1) is 0 Å². The Morgan fingerprint density at radius 3 is 2.29 bits per heavy atom. The number of rotatable bonds is 5. The van der Waals surface area contributed by atoms with Crippen molar-refractivity contribution in [2.45, 2.75) is 19.4 Å². The van der Waals surface area contributed by atoms with E-state index in [1.54, 1.807) is 0 Å². The fourth-order valence-electron chi connectivity index (χ4n) is 1.64. The number of amides is 2. The molecular weight excluding hydrogens is 287 g/mol. The smallest absolute Gasteiger partial charge is 0.257 e. The summed E-state index contributed by atoms with van der Waals surface area (Å²) in [6.45, 7) is 1.49. The maximum Gasteiger partial charge on any atom is 0.257 e. The molecule has 1 rings (SSSR count). The van der Waals surface area contributed by atoms with E-state index in [1.807, 2.05) is 11.4 Å². The number of halogens is 3. The largest absolute Gasteiger partial charge is 0.368 e.